The zero-order chi connectivity index (χ0) is 12.6. The summed E-state index contributed by atoms with van der Waals surface area (Å²) in [5.74, 6) is -2.39. The van der Waals surface area contributed by atoms with Gasteiger partial charge in [-0.3, -0.25) is 4.79 Å². The zero-order valence-electron chi connectivity index (χ0n) is 8.74. The topological polar surface area (TPSA) is 53.2 Å². The highest BCUT2D eigenvalue weighted by Gasteiger charge is 2.17. The lowest BCUT2D eigenvalue weighted by molar-refractivity contribution is -0.578. The third-order valence-electron chi connectivity index (χ3n) is 2.13. The molecule has 2 aromatic rings. The van der Waals surface area contributed by atoms with Gasteiger partial charge in [-0.25, -0.2) is 4.39 Å². The van der Waals surface area contributed by atoms with Gasteiger partial charge in [0.1, 0.15) is 5.82 Å². The van der Waals surface area contributed by atoms with Gasteiger partial charge in [0.05, 0.1) is 5.39 Å². The van der Waals surface area contributed by atoms with E-state index in [2.05, 4.69) is 4.74 Å². The summed E-state index contributed by atoms with van der Waals surface area (Å²) in [6.07, 6.45) is 0.867. The number of nitrogens with zero attached hydrogens (tertiary/aromatic N) is 1. The van der Waals surface area contributed by atoms with E-state index in [9.17, 15) is 18.8 Å². The molecule has 6 heteroatoms. The van der Waals surface area contributed by atoms with Crippen LogP contribution in [0.25, 0.3) is 10.9 Å². The molecule has 2 rings (SSSR count). The van der Waals surface area contributed by atoms with Gasteiger partial charge < -0.3 is 9.94 Å². The number of rotatable bonds is 1. The zero-order valence-corrected chi connectivity index (χ0v) is 8.74. The monoisotopic (exact) mass is 239 g/mol. The van der Waals surface area contributed by atoms with Crippen molar-refractivity contribution in [2.45, 2.75) is 6.92 Å². The van der Waals surface area contributed by atoms with E-state index in [1.165, 1.54) is 0 Å². The smallest absolute Gasteiger partial charge is 0.308 e. The molecule has 0 unspecified atom stereocenters. The molecule has 0 saturated carbocycles. The molecule has 0 fully saturated rings. The van der Waals surface area contributed by atoms with E-state index in [0.717, 1.165) is 31.3 Å². The lowest BCUT2D eigenvalue weighted by Crippen LogP contribution is -2.28. The Hall–Kier alpha value is -2.24. The predicted molar refractivity (Wildman–Crippen MR) is 54.1 cm³/mol. The van der Waals surface area contributed by atoms with Gasteiger partial charge in [-0.1, -0.05) is 0 Å². The number of pyridine rings is 1. The number of hydrogen-bond donors (Lipinski definition) is 0. The molecule has 88 valence electrons. The highest BCUT2D eigenvalue weighted by molar-refractivity contribution is 5.79. The predicted octanol–water partition coefficient (Wildman–Crippen LogP) is 1.68. The van der Waals surface area contributed by atoms with Crippen molar-refractivity contribution in [3.8, 4) is 5.75 Å². The van der Waals surface area contributed by atoms with Crippen molar-refractivity contribution in [2.24, 2.45) is 0 Å². The Morgan fingerprint density at radius 3 is 2.65 bits per heavy atom. The summed E-state index contributed by atoms with van der Waals surface area (Å²) in [4.78, 5) is 10.7. The van der Waals surface area contributed by atoms with Crippen LogP contribution >= 0.6 is 0 Å². The van der Waals surface area contributed by atoms with E-state index in [-0.39, 0.29) is 15.9 Å². The Labute approximate surface area is 94.6 Å². The molecule has 1 aromatic carbocycles. The first kappa shape index (κ1) is 11.3. The summed E-state index contributed by atoms with van der Waals surface area (Å²) in [7, 11) is 0. The van der Waals surface area contributed by atoms with E-state index in [0.29, 0.717) is 0 Å². The Balaban J connectivity index is 2.72. The Kier molecular flexibility index (Phi) is 2.63. The van der Waals surface area contributed by atoms with Gasteiger partial charge in [0.25, 0.3) is 5.52 Å². The van der Waals surface area contributed by atoms with Crippen LogP contribution < -0.4 is 9.47 Å². The fourth-order valence-electron chi connectivity index (χ4n) is 1.50. The van der Waals surface area contributed by atoms with Crippen LogP contribution in [-0.4, -0.2) is 5.97 Å². The summed E-state index contributed by atoms with van der Waals surface area (Å²) in [5, 5.41) is 11.2. The SMILES string of the molecule is CC(=O)Oc1cc2c(F)ccc(F)c2[n+]([O-])c1. The number of carbonyl (C=O) groups excluding carboxylic acids is 1. The van der Waals surface area contributed by atoms with Crippen molar-refractivity contribution in [3.05, 3.63) is 41.2 Å². The van der Waals surface area contributed by atoms with Crippen LogP contribution in [0.5, 0.6) is 5.75 Å². The molecule has 0 radical (unpaired) electrons. The minimum atomic E-state index is -0.842. The van der Waals surface area contributed by atoms with Gasteiger partial charge in [0, 0.05) is 13.0 Å². The van der Waals surface area contributed by atoms with Crippen LogP contribution in [0, 0.1) is 16.8 Å². The first-order valence-electron chi connectivity index (χ1n) is 4.68. The van der Waals surface area contributed by atoms with Gasteiger partial charge in [-0.2, -0.15) is 9.12 Å². The third-order valence-corrected chi connectivity index (χ3v) is 2.13. The lowest BCUT2D eigenvalue weighted by atomic mass is 10.2. The molecular weight excluding hydrogens is 232 g/mol. The first-order valence-corrected chi connectivity index (χ1v) is 4.68. The van der Waals surface area contributed by atoms with Gasteiger partial charge in [0.2, 0.25) is 6.20 Å². The van der Waals surface area contributed by atoms with Crippen LogP contribution in [0.4, 0.5) is 8.78 Å². The fraction of sp³-hybridized carbons (Fsp3) is 0.0909. The molecule has 0 amide bonds. The van der Waals surface area contributed by atoms with E-state index < -0.39 is 23.1 Å². The molecule has 0 saturated heterocycles. The number of halogens is 2. The Bertz CT molecular complexity index is 613. The minimum Gasteiger partial charge on any atom is -0.618 e. The molecule has 0 spiro atoms. The highest BCUT2D eigenvalue weighted by atomic mass is 19.1. The van der Waals surface area contributed by atoms with Crippen molar-refractivity contribution in [1.82, 2.24) is 0 Å². The van der Waals surface area contributed by atoms with Crippen LogP contribution in [0.2, 0.25) is 0 Å². The molecule has 1 aromatic heterocycles. The number of benzene rings is 1. The number of aromatic nitrogens is 1. The molecule has 0 atom stereocenters. The van der Waals surface area contributed by atoms with Crippen LogP contribution in [0.1, 0.15) is 6.92 Å². The van der Waals surface area contributed by atoms with Crippen molar-refractivity contribution >= 4 is 16.9 Å². The lowest BCUT2D eigenvalue weighted by Gasteiger charge is -2.06. The molecule has 0 N–H and O–H groups in total. The quantitative estimate of drug-likeness (QED) is 0.432. The fourth-order valence-corrected chi connectivity index (χ4v) is 1.50. The van der Waals surface area contributed by atoms with E-state index in [4.69, 9.17) is 0 Å². The number of ether oxygens (including phenoxy) is 1. The third kappa shape index (κ3) is 2.01. The van der Waals surface area contributed by atoms with Crippen LogP contribution in [0.3, 0.4) is 0 Å². The molecule has 0 aliphatic heterocycles. The van der Waals surface area contributed by atoms with Gasteiger partial charge >= 0.3 is 5.97 Å². The maximum atomic E-state index is 13.4. The first-order chi connectivity index (χ1) is 7.99. The summed E-state index contributed by atoms with van der Waals surface area (Å²) >= 11 is 0. The second-order valence-electron chi connectivity index (χ2n) is 3.39. The number of esters is 1. The summed E-state index contributed by atoms with van der Waals surface area (Å²) in [6, 6.07) is 2.86. The van der Waals surface area contributed by atoms with Crippen LogP contribution in [-0.2, 0) is 4.79 Å². The summed E-state index contributed by atoms with van der Waals surface area (Å²) in [6.45, 7) is 1.14. The summed E-state index contributed by atoms with van der Waals surface area (Å²) < 4.78 is 31.5. The summed E-state index contributed by atoms with van der Waals surface area (Å²) in [5.41, 5.74) is -0.430. The molecule has 0 bridgehead atoms. The average Bonchev–Trinajstić information content (AvgIpc) is 2.22. The van der Waals surface area contributed by atoms with Crippen LogP contribution in [0.15, 0.2) is 24.4 Å². The minimum absolute atomic E-state index is 0.131. The Morgan fingerprint density at radius 1 is 1.35 bits per heavy atom. The molecule has 1 heterocycles. The van der Waals surface area contributed by atoms with Crippen molar-refractivity contribution in [3.63, 3.8) is 0 Å². The highest BCUT2D eigenvalue weighted by Crippen LogP contribution is 2.22. The molecule has 0 aliphatic carbocycles. The van der Waals surface area contributed by atoms with Crippen molar-refractivity contribution < 1.29 is 23.0 Å². The maximum absolute atomic E-state index is 13.4. The van der Waals surface area contributed by atoms with E-state index in [1.54, 1.807) is 0 Å². The normalized spacial score (nSPS) is 10.5. The van der Waals surface area contributed by atoms with Gasteiger partial charge in [-0.05, 0) is 12.1 Å². The number of carbonyl (C=O) groups is 1. The number of hydrogen-bond acceptors (Lipinski definition) is 3. The molecular formula is C11H7F2NO3. The molecule has 4 nitrogen and oxygen atoms in total. The van der Waals surface area contributed by atoms with E-state index >= 15 is 0 Å². The average molecular weight is 239 g/mol. The van der Waals surface area contributed by atoms with Crippen molar-refractivity contribution in [1.29, 1.82) is 0 Å². The second-order valence-corrected chi connectivity index (χ2v) is 3.39. The standard InChI is InChI=1S/C11H7F2NO3/c1-6(15)17-7-4-8-9(12)2-3-10(13)11(8)14(16)5-7/h2-5H,1H3. The van der Waals surface area contributed by atoms with Gasteiger partial charge in [0.15, 0.2) is 11.6 Å². The largest absolute Gasteiger partial charge is 0.618 e. The van der Waals surface area contributed by atoms with E-state index in [1.807, 2.05) is 0 Å². The molecule has 0 aliphatic rings. The Morgan fingerprint density at radius 2 is 2.00 bits per heavy atom. The molecule has 17 heavy (non-hydrogen) atoms. The maximum Gasteiger partial charge on any atom is 0.308 e. The second kappa shape index (κ2) is 3.97. The van der Waals surface area contributed by atoms with Gasteiger partial charge in [-0.15, -0.1) is 0 Å². The van der Waals surface area contributed by atoms with Crippen molar-refractivity contribution in [2.75, 3.05) is 0 Å². The number of fused-ring (bicyclic) bond motifs is 1.